The quantitative estimate of drug-likeness (QED) is 0.867. The van der Waals surface area contributed by atoms with Crippen LogP contribution in [0.2, 0.25) is 0 Å². The van der Waals surface area contributed by atoms with Gasteiger partial charge in [-0.25, -0.2) is 0 Å². The minimum atomic E-state index is 0.170. The van der Waals surface area contributed by atoms with Gasteiger partial charge in [0.15, 0.2) is 0 Å². The van der Waals surface area contributed by atoms with Crippen LogP contribution in [-0.2, 0) is 17.8 Å². The summed E-state index contributed by atoms with van der Waals surface area (Å²) in [5.41, 5.74) is 2.35. The van der Waals surface area contributed by atoms with Gasteiger partial charge >= 0.3 is 0 Å². The molecular weight excluding hydrogens is 306 g/mol. The Morgan fingerprint density at radius 3 is 3.04 bits per heavy atom. The maximum atomic E-state index is 9.42. The van der Waals surface area contributed by atoms with E-state index in [-0.39, 0.29) is 12.5 Å². The summed E-state index contributed by atoms with van der Waals surface area (Å²) in [5.74, 6) is 1.07. The minimum absolute atomic E-state index is 0.170. The van der Waals surface area contributed by atoms with E-state index >= 15 is 0 Å². The smallest absolute Gasteiger partial charge is 0.123 e. The van der Waals surface area contributed by atoms with Crippen LogP contribution in [-0.4, -0.2) is 59.8 Å². The molecule has 0 bridgehead atoms. The van der Waals surface area contributed by atoms with Crippen LogP contribution >= 0.6 is 0 Å². The monoisotopic (exact) mass is 331 g/mol. The number of hydrogen-bond acceptors (Lipinski definition) is 5. The van der Waals surface area contributed by atoms with Gasteiger partial charge in [0.2, 0.25) is 0 Å². The van der Waals surface area contributed by atoms with Crippen molar-refractivity contribution in [3.8, 4) is 5.75 Å². The van der Waals surface area contributed by atoms with Gasteiger partial charge in [0, 0.05) is 50.1 Å². The molecule has 0 unspecified atom stereocenters. The van der Waals surface area contributed by atoms with Crippen LogP contribution in [0.1, 0.15) is 11.1 Å². The number of methoxy groups -OCH3 is 1. The van der Waals surface area contributed by atoms with E-state index in [2.05, 4.69) is 22.1 Å². The van der Waals surface area contributed by atoms with E-state index in [1.807, 2.05) is 23.0 Å². The van der Waals surface area contributed by atoms with Crippen LogP contribution in [0.4, 0.5) is 0 Å². The van der Waals surface area contributed by atoms with E-state index in [4.69, 9.17) is 9.47 Å². The van der Waals surface area contributed by atoms with Gasteiger partial charge in [-0.15, -0.1) is 0 Å². The summed E-state index contributed by atoms with van der Waals surface area (Å²) >= 11 is 0. The summed E-state index contributed by atoms with van der Waals surface area (Å²) in [6.45, 7) is 4.80. The third-order valence-electron chi connectivity index (χ3n) is 4.32. The van der Waals surface area contributed by atoms with Gasteiger partial charge in [-0.1, -0.05) is 6.07 Å². The van der Waals surface area contributed by atoms with Crippen molar-refractivity contribution in [2.75, 3.05) is 40.0 Å². The molecular formula is C18H25N3O3. The molecule has 2 heterocycles. The van der Waals surface area contributed by atoms with Gasteiger partial charge < -0.3 is 14.6 Å². The molecule has 0 amide bonds. The number of aliphatic hydroxyl groups excluding tert-OH is 1. The van der Waals surface area contributed by atoms with Gasteiger partial charge in [0.1, 0.15) is 5.75 Å². The molecule has 1 aromatic carbocycles. The maximum absolute atomic E-state index is 9.42. The van der Waals surface area contributed by atoms with E-state index in [1.54, 1.807) is 13.3 Å². The van der Waals surface area contributed by atoms with E-state index < -0.39 is 0 Å². The zero-order chi connectivity index (χ0) is 16.8. The molecule has 0 saturated carbocycles. The Morgan fingerprint density at radius 1 is 1.38 bits per heavy atom. The molecule has 0 radical (unpaired) electrons. The third-order valence-corrected chi connectivity index (χ3v) is 4.32. The molecule has 0 spiro atoms. The lowest BCUT2D eigenvalue weighted by Gasteiger charge is -2.23. The second-order valence-corrected chi connectivity index (χ2v) is 6.21. The Morgan fingerprint density at radius 2 is 2.29 bits per heavy atom. The van der Waals surface area contributed by atoms with Gasteiger partial charge in [-0.3, -0.25) is 9.58 Å². The van der Waals surface area contributed by atoms with Crippen LogP contribution in [0.15, 0.2) is 36.7 Å². The number of benzene rings is 1. The van der Waals surface area contributed by atoms with Crippen molar-refractivity contribution in [1.82, 2.24) is 14.7 Å². The molecule has 1 aromatic heterocycles. The van der Waals surface area contributed by atoms with Crippen molar-refractivity contribution >= 4 is 0 Å². The van der Waals surface area contributed by atoms with Crippen molar-refractivity contribution < 1.29 is 14.6 Å². The van der Waals surface area contributed by atoms with Crippen molar-refractivity contribution in [2.45, 2.75) is 13.1 Å². The topological polar surface area (TPSA) is 59.8 Å². The first-order valence-electron chi connectivity index (χ1n) is 8.32. The number of nitrogens with zero attached hydrogens (tertiary/aromatic N) is 3. The highest BCUT2D eigenvalue weighted by Gasteiger charge is 2.18. The summed E-state index contributed by atoms with van der Waals surface area (Å²) in [5, 5.41) is 13.7. The lowest BCUT2D eigenvalue weighted by molar-refractivity contribution is 0.0958. The molecule has 1 N–H and O–H groups in total. The Kier molecular flexibility index (Phi) is 5.85. The zero-order valence-electron chi connectivity index (χ0n) is 14.1. The Hall–Kier alpha value is -1.89. The fraction of sp³-hybridized carbons (Fsp3) is 0.500. The molecule has 1 fully saturated rings. The normalized spacial score (nSPS) is 19.2. The highest BCUT2D eigenvalue weighted by molar-refractivity contribution is 5.37. The molecule has 6 nitrogen and oxygen atoms in total. The standard InChI is InChI=1S/C18H25N3O3/c1-23-18-4-3-15(9-17(18)12-21-6-2-5-19-21)10-20-7-8-24-14-16(11-20)13-22/h2-6,9,16,22H,7-8,10-14H2,1H3/t16-/m0/s1. The summed E-state index contributed by atoms with van der Waals surface area (Å²) < 4.78 is 12.9. The van der Waals surface area contributed by atoms with Crippen molar-refractivity contribution in [3.63, 3.8) is 0 Å². The zero-order valence-corrected chi connectivity index (χ0v) is 14.1. The van der Waals surface area contributed by atoms with Gasteiger partial charge in [-0.2, -0.15) is 5.10 Å². The summed E-state index contributed by atoms with van der Waals surface area (Å²) in [7, 11) is 1.69. The summed E-state index contributed by atoms with van der Waals surface area (Å²) in [6.07, 6.45) is 3.73. The average molecular weight is 331 g/mol. The number of ether oxygens (including phenoxy) is 2. The number of aromatic nitrogens is 2. The minimum Gasteiger partial charge on any atom is -0.496 e. The predicted molar refractivity (Wildman–Crippen MR) is 91.0 cm³/mol. The van der Waals surface area contributed by atoms with Gasteiger partial charge in [-0.05, 0) is 23.8 Å². The largest absolute Gasteiger partial charge is 0.496 e. The molecule has 1 aliphatic heterocycles. The van der Waals surface area contributed by atoms with Crippen molar-refractivity contribution in [3.05, 3.63) is 47.8 Å². The molecule has 1 atom stereocenters. The van der Waals surface area contributed by atoms with Crippen LogP contribution in [0.3, 0.4) is 0 Å². The molecule has 24 heavy (non-hydrogen) atoms. The van der Waals surface area contributed by atoms with E-state index in [1.165, 1.54) is 5.56 Å². The first kappa shape index (κ1) is 17.0. The van der Waals surface area contributed by atoms with E-state index in [0.717, 1.165) is 30.9 Å². The Labute approximate surface area is 142 Å². The van der Waals surface area contributed by atoms with Crippen molar-refractivity contribution in [2.24, 2.45) is 5.92 Å². The molecule has 1 aliphatic rings. The molecule has 2 aromatic rings. The van der Waals surface area contributed by atoms with Gasteiger partial charge in [0.05, 0.1) is 26.9 Å². The number of rotatable bonds is 6. The lowest BCUT2D eigenvalue weighted by atomic mass is 10.1. The average Bonchev–Trinajstić information content (AvgIpc) is 3.00. The summed E-state index contributed by atoms with van der Waals surface area (Å²) in [6, 6.07) is 8.22. The highest BCUT2D eigenvalue weighted by atomic mass is 16.5. The molecule has 0 aliphatic carbocycles. The first-order chi connectivity index (χ1) is 11.8. The SMILES string of the molecule is COc1ccc(CN2CCOC[C@H](CO)C2)cc1Cn1cccn1. The van der Waals surface area contributed by atoms with Crippen molar-refractivity contribution in [1.29, 1.82) is 0 Å². The number of hydrogen-bond donors (Lipinski definition) is 1. The molecule has 6 heteroatoms. The fourth-order valence-electron chi connectivity index (χ4n) is 3.09. The van der Waals surface area contributed by atoms with Crippen LogP contribution in [0, 0.1) is 5.92 Å². The Balaban J connectivity index is 1.73. The first-order valence-corrected chi connectivity index (χ1v) is 8.32. The summed E-state index contributed by atoms with van der Waals surface area (Å²) in [4.78, 5) is 2.34. The van der Waals surface area contributed by atoms with Crippen LogP contribution in [0.25, 0.3) is 0 Å². The molecule has 3 rings (SSSR count). The van der Waals surface area contributed by atoms with Crippen LogP contribution in [0.5, 0.6) is 5.75 Å². The fourth-order valence-corrected chi connectivity index (χ4v) is 3.09. The Bertz CT molecular complexity index is 630. The van der Waals surface area contributed by atoms with Gasteiger partial charge in [0.25, 0.3) is 0 Å². The molecule has 1 saturated heterocycles. The van der Waals surface area contributed by atoms with E-state index in [9.17, 15) is 5.11 Å². The number of aliphatic hydroxyl groups is 1. The van der Waals surface area contributed by atoms with E-state index in [0.29, 0.717) is 19.8 Å². The third kappa shape index (κ3) is 4.35. The predicted octanol–water partition coefficient (Wildman–Crippen LogP) is 1.38. The maximum Gasteiger partial charge on any atom is 0.123 e. The van der Waals surface area contributed by atoms with Crippen LogP contribution < -0.4 is 4.74 Å². The second kappa shape index (κ2) is 8.28. The second-order valence-electron chi connectivity index (χ2n) is 6.21. The lowest BCUT2D eigenvalue weighted by Crippen LogP contribution is -2.31. The molecule has 130 valence electrons. The highest BCUT2D eigenvalue weighted by Crippen LogP contribution is 2.22.